The summed E-state index contributed by atoms with van der Waals surface area (Å²) in [4.78, 5) is 14.4. The molecule has 5 nitrogen and oxygen atoms in total. The first-order chi connectivity index (χ1) is 9.17. The Morgan fingerprint density at radius 1 is 1.53 bits per heavy atom. The van der Waals surface area contributed by atoms with Crippen LogP contribution < -0.4 is 5.73 Å². The summed E-state index contributed by atoms with van der Waals surface area (Å²) in [7, 11) is 0. The molecule has 1 saturated heterocycles. The van der Waals surface area contributed by atoms with Crippen LogP contribution in [0, 0.1) is 0 Å². The summed E-state index contributed by atoms with van der Waals surface area (Å²) >= 11 is 0. The highest BCUT2D eigenvalue weighted by Gasteiger charge is 2.28. The highest BCUT2D eigenvalue weighted by molar-refractivity contribution is 5.94. The van der Waals surface area contributed by atoms with E-state index in [2.05, 4.69) is 6.92 Å². The first kappa shape index (κ1) is 13.9. The average Bonchev–Trinajstić information content (AvgIpc) is 2.79. The second-order valence-corrected chi connectivity index (χ2v) is 5.18. The van der Waals surface area contributed by atoms with Gasteiger partial charge in [-0.05, 0) is 31.7 Å². The minimum Gasteiger partial charge on any atom is -0.397 e. The van der Waals surface area contributed by atoms with E-state index in [4.69, 9.17) is 5.73 Å². The normalized spacial score (nSPS) is 19.7. The molecule has 0 radical (unpaired) electrons. The van der Waals surface area contributed by atoms with Crippen molar-refractivity contribution < 1.29 is 9.90 Å². The first-order valence-corrected chi connectivity index (χ1v) is 7.04. The van der Waals surface area contributed by atoms with Gasteiger partial charge < -0.3 is 20.3 Å². The molecule has 1 atom stereocenters. The van der Waals surface area contributed by atoms with Gasteiger partial charge in [0, 0.05) is 19.3 Å². The molecule has 2 rings (SSSR count). The Balaban J connectivity index is 2.22. The Bertz CT molecular complexity index is 442. The Morgan fingerprint density at radius 3 is 3.00 bits per heavy atom. The highest BCUT2D eigenvalue weighted by atomic mass is 16.3. The molecule has 0 bridgehead atoms. The van der Waals surface area contributed by atoms with Crippen molar-refractivity contribution in [2.75, 3.05) is 18.9 Å². The van der Waals surface area contributed by atoms with Gasteiger partial charge in [0.1, 0.15) is 5.69 Å². The second-order valence-electron chi connectivity index (χ2n) is 5.18. The number of anilines is 1. The van der Waals surface area contributed by atoms with Crippen LogP contribution in [0.25, 0.3) is 0 Å². The Morgan fingerprint density at radius 2 is 2.32 bits per heavy atom. The number of rotatable bonds is 4. The molecule has 1 aliphatic rings. The van der Waals surface area contributed by atoms with Crippen LogP contribution in [0.4, 0.5) is 5.69 Å². The van der Waals surface area contributed by atoms with Crippen molar-refractivity contribution in [3.63, 3.8) is 0 Å². The molecule has 0 aromatic carbocycles. The summed E-state index contributed by atoms with van der Waals surface area (Å²) in [6.07, 6.45) is 5.73. The van der Waals surface area contributed by atoms with E-state index in [0.29, 0.717) is 11.4 Å². The van der Waals surface area contributed by atoms with Crippen LogP contribution in [0.1, 0.15) is 43.1 Å². The van der Waals surface area contributed by atoms with Crippen LogP contribution >= 0.6 is 0 Å². The van der Waals surface area contributed by atoms with Gasteiger partial charge in [-0.15, -0.1) is 0 Å². The van der Waals surface area contributed by atoms with E-state index in [-0.39, 0.29) is 18.6 Å². The Hall–Kier alpha value is -1.49. The number of carbonyl (C=O) groups excluding carboxylic acids is 1. The minimum absolute atomic E-state index is 0.0103. The molecular weight excluding hydrogens is 242 g/mol. The molecule has 19 heavy (non-hydrogen) atoms. The molecule has 0 aliphatic carbocycles. The monoisotopic (exact) mass is 265 g/mol. The zero-order valence-corrected chi connectivity index (χ0v) is 11.5. The second kappa shape index (κ2) is 6.10. The fourth-order valence-electron chi connectivity index (χ4n) is 2.74. The summed E-state index contributed by atoms with van der Waals surface area (Å²) < 4.78 is 1.92. The van der Waals surface area contributed by atoms with Gasteiger partial charge in [0.05, 0.1) is 18.3 Å². The number of hydrogen-bond acceptors (Lipinski definition) is 3. The summed E-state index contributed by atoms with van der Waals surface area (Å²) in [6, 6.07) is 1.69. The maximum atomic E-state index is 12.6. The lowest BCUT2D eigenvalue weighted by Crippen LogP contribution is -2.46. The van der Waals surface area contributed by atoms with E-state index in [1.165, 1.54) is 0 Å². The van der Waals surface area contributed by atoms with E-state index in [1.807, 2.05) is 10.8 Å². The number of aliphatic hydroxyl groups is 1. The number of amides is 1. The number of piperidine rings is 1. The van der Waals surface area contributed by atoms with Crippen LogP contribution in [-0.4, -0.2) is 39.7 Å². The molecule has 1 unspecified atom stereocenters. The maximum absolute atomic E-state index is 12.6. The molecule has 0 saturated carbocycles. The average molecular weight is 265 g/mol. The molecule has 1 aromatic heterocycles. The molecule has 2 heterocycles. The topological polar surface area (TPSA) is 71.5 Å². The SMILES string of the molecule is CCCn1cc(N)cc1C(=O)N1CCCCC1CO. The van der Waals surface area contributed by atoms with Gasteiger partial charge in [-0.25, -0.2) is 0 Å². The largest absolute Gasteiger partial charge is 0.397 e. The van der Waals surface area contributed by atoms with Crippen molar-refractivity contribution in [2.45, 2.75) is 45.2 Å². The number of likely N-dealkylation sites (tertiary alicyclic amines) is 1. The third-order valence-corrected chi connectivity index (χ3v) is 3.70. The molecule has 1 fully saturated rings. The number of aryl methyl sites for hydroxylation is 1. The molecule has 5 heteroatoms. The lowest BCUT2D eigenvalue weighted by molar-refractivity contribution is 0.0492. The molecule has 3 N–H and O–H groups in total. The van der Waals surface area contributed by atoms with E-state index in [1.54, 1.807) is 11.0 Å². The smallest absolute Gasteiger partial charge is 0.270 e. The zero-order chi connectivity index (χ0) is 13.8. The van der Waals surface area contributed by atoms with Crippen LogP contribution in [0.15, 0.2) is 12.3 Å². The predicted octanol–water partition coefficient (Wildman–Crippen LogP) is 1.47. The number of nitrogens with two attached hydrogens (primary N) is 1. The minimum atomic E-state index is -0.0487. The fourth-order valence-corrected chi connectivity index (χ4v) is 2.74. The summed E-state index contributed by atoms with van der Waals surface area (Å²) in [5, 5.41) is 9.41. The highest BCUT2D eigenvalue weighted by Crippen LogP contribution is 2.21. The molecule has 1 amide bonds. The van der Waals surface area contributed by atoms with Gasteiger partial charge >= 0.3 is 0 Å². The predicted molar refractivity (Wildman–Crippen MR) is 74.9 cm³/mol. The third-order valence-electron chi connectivity index (χ3n) is 3.70. The van der Waals surface area contributed by atoms with Crippen molar-refractivity contribution in [1.82, 2.24) is 9.47 Å². The van der Waals surface area contributed by atoms with Crippen molar-refractivity contribution in [2.24, 2.45) is 0 Å². The fraction of sp³-hybridized carbons (Fsp3) is 0.643. The van der Waals surface area contributed by atoms with E-state index >= 15 is 0 Å². The summed E-state index contributed by atoms with van der Waals surface area (Å²) in [6.45, 7) is 3.62. The Labute approximate surface area is 114 Å². The van der Waals surface area contributed by atoms with Gasteiger partial charge in [-0.1, -0.05) is 6.92 Å². The number of aromatic nitrogens is 1. The Kier molecular flexibility index (Phi) is 4.47. The molecule has 0 spiro atoms. The van der Waals surface area contributed by atoms with Crippen LogP contribution in [0.5, 0.6) is 0 Å². The standard InChI is InChI=1S/C14H23N3O2/c1-2-6-16-9-11(15)8-13(16)14(19)17-7-4-3-5-12(17)10-18/h8-9,12,18H,2-7,10,15H2,1H3. The van der Waals surface area contributed by atoms with E-state index in [9.17, 15) is 9.90 Å². The molecule has 1 aromatic rings. The van der Waals surface area contributed by atoms with Crippen LogP contribution in [0.2, 0.25) is 0 Å². The van der Waals surface area contributed by atoms with E-state index in [0.717, 1.165) is 38.8 Å². The van der Waals surface area contributed by atoms with Crippen molar-refractivity contribution in [3.05, 3.63) is 18.0 Å². The van der Waals surface area contributed by atoms with Crippen LogP contribution in [0.3, 0.4) is 0 Å². The third kappa shape index (κ3) is 2.92. The number of hydrogen-bond donors (Lipinski definition) is 2. The lowest BCUT2D eigenvalue weighted by atomic mass is 10.0. The van der Waals surface area contributed by atoms with Crippen molar-refractivity contribution in [1.29, 1.82) is 0 Å². The number of nitrogens with zero attached hydrogens (tertiary/aromatic N) is 2. The van der Waals surface area contributed by atoms with Gasteiger partial charge in [0.25, 0.3) is 5.91 Å². The number of aliphatic hydroxyl groups excluding tert-OH is 1. The van der Waals surface area contributed by atoms with Gasteiger partial charge in [0.15, 0.2) is 0 Å². The first-order valence-electron chi connectivity index (χ1n) is 7.04. The quantitative estimate of drug-likeness (QED) is 0.866. The van der Waals surface area contributed by atoms with Gasteiger partial charge in [-0.3, -0.25) is 4.79 Å². The number of nitrogen functional groups attached to an aromatic ring is 1. The zero-order valence-electron chi connectivity index (χ0n) is 11.5. The van der Waals surface area contributed by atoms with Gasteiger partial charge in [0.2, 0.25) is 0 Å². The molecular formula is C14H23N3O2. The maximum Gasteiger partial charge on any atom is 0.270 e. The molecule has 106 valence electrons. The van der Waals surface area contributed by atoms with Crippen LogP contribution in [-0.2, 0) is 6.54 Å². The van der Waals surface area contributed by atoms with Gasteiger partial charge in [-0.2, -0.15) is 0 Å². The number of carbonyl (C=O) groups is 1. The summed E-state index contributed by atoms with van der Waals surface area (Å²) in [5.41, 5.74) is 7.06. The molecule has 1 aliphatic heterocycles. The van der Waals surface area contributed by atoms with Crippen molar-refractivity contribution >= 4 is 11.6 Å². The summed E-state index contributed by atoms with van der Waals surface area (Å²) in [5.74, 6) is -0.0103. The lowest BCUT2D eigenvalue weighted by Gasteiger charge is -2.34. The van der Waals surface area contributed by atoms with Crippen molar-refractivity contribution in [3.8, 4) is 0 Å². The van der Waals surface area contributed by atoms with E-state index < -0.39 is 0 Å².